The summed E-state index contributed by atoms with van der Waals surface area (Å²) in [6.07, 6.45) is -0.278. The summed E-state index contributed by atoms with van der Waals surface area (Å²) in [6.45, 7) is 10.8. The molecule has 3 aromatic rings. The van der Waals surface area contributed by atoms with Crippen molar-refractivity contribution in [2.24, 2.45) is 0 Å². The van der Waals surface area contributed by atoms with E-state index < -0.39 is 6.10 Å². The predicted octanol–water partition coefficient (Wildman–Crippen LogP) is 5.04. The van der Waals surface area contributed by atoms with Crippen molar-refractivity contribution in [2.45, 2.75) is 39.9 Å². The van der Waals surface area contributed by atoms with Gasteiger partial charge in [-0.1, -0.05) is 43.3 Å². The van der Waals surface area contributed by atoms with E-state index >= 15 is 0 Å². The Morgan fingerprint density at radius 1 is 0.919 bits per heavy atom. The SMILES string of the molecule is CCC(=O)c1ccc(OCc2ccccc2)cc1OCC(O)CN1CCN(c2ccc(C)c(C)c2)CC1. The van der Waals surface area contributed by atoms with Crippen LogP contribution < -0.4 is 14.4 Å². The molecule has 3 aromatic carbocycles. The molecule has 6 heteroatoms. The van der Waals surface area contributed by atoms with Crippen LogP contribution in [-0.2, 0) is 6.61 Å². The lowest BCUT2D eigenvalue weighted by molar-refractivity contribution is 0.0654. The maximum atomic E-state index is 12.5. The molecule has 0 saturated carbocycles. The summed E-state index contributed by atoms with van der Waals surface area (Å²) in [6, 6.07) is 21.8. The minimum Gasteiger partial charge on any atom is -0.490 e. The number of Topliss-reactive ketones (excluding diaryl/α,β-unsaturated/α-hetero) is 1. The van der Waals surface area contributed by atoms with Crippen LogP contribution in [0.25, 0.3) is 0 Å². The molecule has 1 saturated heterocycles. The molecule has 1 aliphatic heterocycles. The molecule has 0 amide bonds. The number of aliphatic hydroxyl groups is 1. The fraction of sp³-hybridized carbons (Fsp3) is 0.387. The van der Waals surface area contributed by atoms with Gasteiger partial charge in [-0.25, -0.2) is 0 Å². The first kappa shape index (κ1) is 26.7. The Hall–Kier alpha value is -3.35. The number of piperazine rings is 1. The first-order valence-electron chi connectivity index (χ1n) is 13.1. The molecule has 0 radical (unpaired) electrons. The summed E-state index contributed by atoms with van der Waals surface area (Å²) in [5, 5.41) is 10.7. The van der Waals surface area contributed by atoms with Gasteiger partial charge >= 0.3 is 0 Å². The Bertz CT molecular complexity index is 1170. The maximum Gasteiger partial charge on any atom is 0.166 e. The van der Waals surface area contributed by atoms with Crippen molar-refractivity contribution in [3.05, 3.63) is 89.0 Å². The first-order chi connectivity index (χ1) is 17.9. The number of hydrogen-bond donors (Lipinski definition) is 1. The molecule has 1 unspecified atom stereocenters. The zero-order valence-electron chi connectivity index (χ0n) is 22.2. The van der Waals surface area contributed by atoms with Crippen LogP contribution in [0, 0.1) is 13.8 Å². The van der Waals surface area contributed by atoms with Crippen LogP contribution >= 0.6 is 0 Å². The Labute approximate surface area is 220 Å². The molecule has 1 N–H and O–H groups in total. The number of β-amino-alcohol motifs (C(OH)–C–C–N with tert-alkyl or cyclic N) is 1. The molecule has 0 spiro atoms. The highest BCUT2D eigenvalue weighted by Crippen LogP contribution is 2.27. The van der Waals surface area contributed by atoms with Crippen LogP contribution in [-0.4, -0.2) is 61.2 Å². The Morgan fingerprint density at radius 2 is 1.68 bits per heavy atom. The number of aryl methyl sites for hydroxylation is 2. The fourth-order valence-electron chi connectivity index (χ4n) is 4.52. The smallest absolute Gasteiger partial charge is 0.166 e. The highest BCUT2D eigenvalue weighted by atomic mass is 16.5. The van der Waals surface area contributed by atoms with Gasteiger partial charge in [-0.05, 0) is 54.8 Å². The van der Waals surface area contributed by atoms with E-state index in [1.807, 2.05) is 37.3 Å². The van der Waals surface area contributed by atoms with E-state index in [2.05, 4.69) is 41.8 Å². The Balaban J connectivity index is 1.30. The van der Waals surface area contributed by atoms with E-state index in [1.165, 1.54) is 16.8 Å². The number of ether oxygens (including phenoxy) is 2. The molecule has 1 aliphatic rings. The summed E-state index contributed by atoms with van der Waals surface area (Å²) in [5.41, 5.74) is 5.45. The average Bonchev–Trinajstić information content (AvgIpc) is 2.93. The minimum absolute atomic E-state index is 0.00145. The number of aliphatic hydroxyl groups excluding tert-OH is 1. The molecule has 0 aromatic heterocycles. The molecular weight excluding hydrogens is 464 g/mol. The number of carbonyl (C=O) groups excluding carboxylic acids is 1. The van der Waals surface area contributed by atoms with E-state index in [-0.39, 0.29) is 12.4 Å². The highest BCUT2D eigenvalue weighted by molar-refractivity contribution is 5.98. The molecule has 0 bridgehead atoms. The topological polar surface area (TPSA) is 62.2 Å². The lowest BCUT2D eigenvalue weighted by Gasteiger charge is -2.37. The normalized spacial score (nSPS) is 14.9. The van der Waals surface area contributed by atoms with Gasteiger partial charge in [-0.15, -0.1) is 0 Å². The van der Waals surface area contributed by atoms with E-state index in [4.69, 9.17) is 9.47 Å². The molecule has 0 aliphatic carbocycles. The quantitative estimate of drug-likeness (QED) is 0.371. The van der Waals surface area contributed by atoms with Gasteiger partial charge in [-0.2, -0.15) is 0 Å². The van der Waals surface area contributed by atoms with Crippen molar-refractivity contribution >= 4 is 11.5 Å². The van der Waals surface area contributed by atoms with E-state index in [1.54, 1.807) is 18.2 Å². The summed E-state index contributed by atoms with van der Waals surface area (Å²) >= 11 is 0. The lowest BCUT2D eigenvalue weighted by atomic mass is 10.1. The highest BCUT2D eigenvalue weighted by Gasteiger charge is 2.21. The van der Waals surface area contributed by atoms with Gasteiger partial charge in [0.05, 0.1) is 5.56 Å². The summed E-state index contributed by atoms with van der Waals surface area (Å²) in [4.78, 5) is 17.1. The van der Waals surface area contributed by atoms with Crippen molar-refractivity contribution in [2.75, 3.05) is 44.2 Å². The van der Waals surface area contributed by atoms with Gasteiger partial charge in [-0.3, -0.25) is 9.69 Å². The second kappa shape index (κ2) is 12.7. The zero-order chi connectivity index (χ0) is 26.2. The number of anilines is 1. The third-order valence-electron chi connectivity index (χ3n) is 6.95. The largest absolute Gasteiger partial charge is 0.490 e. The van der Waals surface area contributed by atoms with Crippen molar-refractivity contribution in [3.8, 4) is 11.5 Å². The van der Waals surface area contributed by atoms with Crippen LogP contribution in [0.3, 0.4) is 0 Å². The van der Waals surface area contributed by atoms with Gasteiger partial charge in [0.15, 0.2) is 5.78 Å². The molecule has 1 fully saturated rings. The van der Waals surface area contributed by atoms with Gasteiger partial charge < -0.3 is 19.5 Å². The predicted molar refractivity (Wildman–Crippen MR) is 148 cm³/mol. The maximum absolute atomic E-state index is 12.5. The van der Waals surface area contributed by atoms with Crippen molar-refractivity contribution in [1.82, 2.24) is 4.90 Å². The Kier molecular flexibility index (Phi) is 9.20. The number of nitrogens with zero attached hydrogens (tertiary/aromatic N) is 2. The number of rotatable bonds is 11. The summed E-state index contributed by atoms with van der Waals surface area (Å²) in [7, 11) is 0. The van der Waals surface area contributed by atoms with Gasteiger partial charge in [0.2, 0.25) is 0 Å². The molecule has 37 heavy (non-hydrogen) atoms. The van der Waals surface area contributed by atoms with Crippen LogP contribution in [0.5, 0.6) is 11.5 Å². The van der Waals surface area contributed by atoms with Gasteiger partial charge in [0.1, 0.15) is 30.8 Å². The fourth-order valence-corrected chi connectivity index (χ4v) is 4.52. The third kappa shape index (κ3) is 7.34. The average molecular weight is 503 g/mol. The lowest BCUT2D eigenvalue weighted by Crippen LogP contribution is -2.49. The molecule has 1 atom stereocenters. The van der Waals surface area contributed by atoms with E-state index in [0.717, 1.165) is 31.7 Å². The number of benzene rings is 3. The Morgan fingerprint density at radius 3 is 2.38 bits per heavy atom. The van der Waals surface area contributed by atoms with Crippen molar-refractivity contribution in [3.63, 3.8) is 0 Å². The third-order valence-corrected chi connectivity index (χ3v) is 6.95. The minimum atomic E-state index is -0.661. The zero-order valence-corrected chi connectivity index (χ0v) is 22.2. The molecule has 6 nitrogen and oxygen atoms in total. The van der Waals surface area contributed by atoms with Crippen molar-refractivity contribution < 1.29 is 19.4 Å². The second-order valence-corrected chi connectivity index (χ2v) is 9.73. The van der Waals surface area contributed by atoms with E-state index in [9.17, 15) is 9.90 Å². The van der Waals surface area contributed by atoms with E-state index in [0.29, 0.717) is 36.6 Å². The second-order valence-electron chi connectivity index (χ2n) is 9.73. The molecular formula is C31H38N2O4. The first-order valence-corrected chi connectivity index (χ1v) is 13.1. The monoisotopic (exact) mass is 502 g/mol. The number of ketones is 1. The van der Waals surface area contributed by atoms with Crippen LogP contribution in [0.2, 0.25) is 0 Å². The van der Waals surface area contributed by atoms with Gasteiger partial charge in [0.25, 0.3) is 0 Å². The number of hydrogen-bond acceptors (Lipinski definition) is 6. The molecule has 1 heterocycles. The summed E-state index contributed by atoms with van der Waals surface area (Å²) < 4.78 is 11.9. The summed E-state index contributed by atoms with van der Waals surface area (Å²) in [5.74, 6) is 1.08. The standard InChI is InChI=1S/C31H38N2O4/c1-4-30(35)29-13-12-28(36-21-25-8-6-5-7-9-25)19-31(29)37-22-27(34)20-32-14-16-33(17-15-32)26-11-10-23(2)24(3)18-26/h5-13,18-19,27,34H,4,14-17,20-22H2,1-3H3. The molecule has 4 rings (SSSR count). The van der Waals surface area contributed by atoms with Crippen LogP contribution in [0.1, 0.15) is 40.4 Å². The molecule has 196 valence electrons. The van der Waals surface area contributed by atoms with Crippen LogP contribution in [0.15, 0.2) is 66.7 Å². The van der Waals surface area contributed by atoms with Gasteiger partial charge in [0, 0.05) is 50.9 Å². The van der Waals surface area contributed by atoms with Crippen LogP contribution in [0.4, 0.5) is 5.69 Å². The van der Waals surface area contributed by atoms with Crippen molar-refractivity contribution in [1.29, 1.82) is 0 Å². The number of carbonyl (C=O) groups is 1.